The van der Waals surface area contributed by atoms with E-state index in [0.717, 1.165) is 5.56 Å². The van der Waals surface area contributed by atoms with Gasteiger partial charge in [-0.1, -0.05) is 23.7 Å². The highest BCUT2D eigenvalue weighted by Gasteiger charge is 2.09. The lowest BCUT2D eigenvalue weighted by molar-refractivity contribution is -0.126. The van der Waals surface area contributed by atoms with Crippen LogP contribution in [0.2, 0.25) is 5.02 Å². The molecule has 6 nitrogen and oxygen atoms in total. The molecule has 0 bridgehead atoms. The summed E-state index contributed by atoms with van der Waals surface area (Å²) in [5.41, 5.74) is 2.20. The average Bonchev–Trinajstić information content (AvgIpc) is 2.56. The molecule has 0 radical (unpaired) electrons. The molecule has 0 saturated carbocycles. The number of benzene rings is 2. The molecule has 0 spiro atoms. The molecule has 0 saturated heterocycles. The minimum atomic E-state index is -0.405. The van der Waals surface area contributed by atoms with Crippen LogP contribution in [0.25, 0.3) is 0 Å². The first-order chi connectivity index (χ1) is 12.4. The van der Waals surface area contributed by atoms with Crippen molar-refractivity contribution in [2.75, 3.05) is 17.2 Å². The van der Waals surface area contributed by atoms with Crippen LogP contribution in [-0.2, 0) is 20.8 Å². The summed E-state index contributed by atoms with van der Waals surface area (Å²) in [5.74, 6) is -0.923. The number of rotatable bonds is 7. The van der Waals surface area contributed by atoms with Crippen LogP contribution in [0.1, 0.15) is 18.9 Å². The van der Waals surface area contributed by atoms with Crippen molar-refractivity contribution >= 4 is 40.7 Å². The SMILES string of the molecule is CC(=O)Nc1ccc(NC(=O)CC(=O)NCCc2cccc(Cl)c2)cc1. The Morgan fingerprint density at radius 2 is 1.58 bits per heavy atom. The van der Waals surface area contributed by atoms with Crippen molar-refractivity contribution in [3.63, 3.8) is 0 Å². The third-order valence-corrected chi connectivity index (χ3v) is 3.67. The first-order valence-electron chi connectivity index (χ1n) is 8.11. The van der Waals surface area contributed by atoms with Gasteiger partial charge in [-0.2, -0.15) is 0 Å². The molecule has 136 valence electrons. The molecule has 2 aromatic rings. The third-order valence-electron chi connectivity index (χ3n) is 3.44. The van der Waals surface area contributed by atoms with Crippen molar-refractivity contribution in [3.8, 4) is 0 Å². The lowest BCUT2D eigenvalue weighted by Crippen LogP contribution is -2.29. The molecule has 3 N–H and O–H groups in total. The second kappa shape index (κ2) is 9.58. The molecule has 2 aromatic carbocycles. The van der Waals surface area contributed by atoms with Crippen LogP contribution < -0.4 is 16.0 Å². The molecule has 7 heteroatoms. The molecule has 0 aliphatic rings. The van der Waals surface area contributed by atoms with Gasteiger partial charge in [0.1, 0.15) is 6.42 Å². The van der Waals surface area contributed by atoms with E-state index in [2.05, 4.69) is 16.0 Å². The Bertz CT molecular complexity index is 791. The first kappa shape index (κ1) is 19.5. The quantitative estimate of drug-likeness (QED) is 0.652. The maximum Gasteiger partial charge on any atom is 0.233 e. The third kappa shape index (κ3) is 6.94. The number of hydrogen-bond donors (Lipinski definition) is 3. The summed E-state index contributed by atoms with van der Waals surface area (Å²) in [6, 6.07) is 14.0. The van der Waals surface area contributed by atoms with E-state index in [4.69, 9.17) is 11.6 Å². The molecule has 3 amide bonds. The number of carbonyl (C=O) groups is 3. The van der Waals surface area contributed by atoms with Crippen molar-refractivity contribution in [1.29, 1.82) is 0 Å². The lowest BCUT2D eigenvalue weighted by Gasteiger charge is -2.08. The van der Waals surface area contributed by atoms with Gasteiger partial charge in [-0.3, -0.25) is 14.4 Å². The van der Waals surface area contributed by atoms with Crippen molar-refractivity contribution in [2.45, 2.75) is 19.8 Å². The molecule has 0 heterocycles. The average molecular weight is 374 g/mol. The molecule has 0 aliphatic carbocycles. The fourth-order valence-electron chi connectivity index (χ4n) is 2.29. The number of anilines is 2. The molecule has 0 aromatic heterocycles. The van der Waals surface area contributed by atoms with Crippen LogP contribution >= 0.6 is 11.6 Å². The van der Waals surface area contributed by atoms with Crippen LogP contribution in [0, 0.1) is 0 Å². The number of nitrogens with one attached hydrogen (secondary N) is 3. The highest BCUT2D eigenvalue weighted by Crippen LogP contribution is 2.14. The smallest absolute Gasteiger partial charge is 0.233 e. The molecule has 0 atom stereocenters. The number of halogens is 1. The van der Waals surface area contributed by atoms with Gasteiger partial charge in [0.2, 0.25) is 17.7 Å². The summed E-state index contributed by atoms with van der Waals surface area (Å²) in [6.07, 6.45) is 0.377. The fourth-order valence-corrected chi connectivity index (χ4v) is 2.51. The Hall–Kier alpha value is -2.86. The fraction of sp³-hybridized carbons (Fsp3) is 0.211. The monoisotopic (exact) mass is 373 g/mol. The number of amides is 3. The van der Waals surface area contributed by atoms with Gasteiger partial charge in [0.25, 0.3) is 0 Å². The molecule has 26 heavy (non-hydrogen) atoms. The zero-order chi connectivity index (χ0) is 18.9. The van der Waals surface area contributed by atoms with Crippen LogP contribution in [0.5, 0.6) is 0 Å². The van der Waals surface area contributed by atoms with Gasteiger partial charge >= 0.3 is 0 Å². The summed E-state index contributed by atoms with van der Waals surface area (Å²) in [6.45, 7) is 1.85. The highest BCUT2D eigenvalue weighted by molar-refractivity contribution is 6.30. The number of hydrogen-bond acceptors (Lipinski definition) is 3. The Kier molecular flexibility index (Phi) is 7.17. The minimum Gasteiger partial charge on any atom is -0.355 e. The van der Waals surface area contributed by atoms with Crippen LogP contribution in [0.3, 0.4) is 0 Å². The molecule has 0 fully saturated rings. The van der Waals surface area contributed by atoms with E-state index >= 15 is 0 Å². The summed E-state index contributed by atoms with van der Waals surface area (Å²) in [4.78, 5) is 34.7. The van der Waals surface area contributed by atoms with E-state index in [-0.39, 0.29) is 18.2 Å². The molecular formula is C19H20ClN3O3. The summed E-state index contributed by atoms with van der Waals surface area (Å²) >= 11 is 5.91. The predicted molar refractivity (Wildman–Crippen MR) is 102 cm³/mol. The van der Waals surface area contributed by atoms with Gasteiger partial charge < -0.3 is 16.0 Å². The van der Waals surface area contributed by atoms with Crippen molar-refractivity contribution < 1.29 is 14.4 Å². The second-order valence-corrected chi connectivity index (χ2v) is 6.15. The Morgan fingerprint density at radius 3 is 2.19 bits per heavy atom. The molecular weight excluding hydrogens is 354 g/mol. The van der Waals surface area contributed by atoms with Gasteiger partial charge in [0, 0.05) is 29.9 Å². The predicted octanol–water partition coefficient (Wildman–Crippen LogP) is 2.99. The summed E-state index contributed by atoms with van der Waals surface area (Å²) in [7, 11) is 0. The van der Waals surface area contributed by atoms with Crippen molar-refractivity contribution in [1.82, 2.24) is 5.32 Å². The highest BCUT2D eigenvalue weighted by atomic mass is 35.5. The Morgan fingerprint density at radius 1 is 0.923 bits per heavy atom. The van der Waals surface area contributed by atoms with Gasteiger partial charge in [0.05, 0.1) is 0 Å². The molecule has 0 unspecified atom stereocenters. The van der Waals surface area contributed by atoms with Crippen LogP contribution in [0.4, 0.5) is 11.4 Å². The van der Waals surface area contributed by atoms with Crippen LogP contribution in [-0.4, -0.2) is 24.3 Å². The molecule has 0 aliphatic heterocycles. The van der Waals surface area contributed by atoms with E-state index in [1.54, 1.807) is 30.3 Å². The van der Waals surface area contributed by atoms with E-state index < -0.39 is 5.91 Å². The van der Waals surface area contributed by atoms with Crippen molar-refractivity contribution in [2.24, 2.45) is 0 Å². The van der Waals surface area contributed by atoms with Crippen LogP contribution in [0.15, 0.2) is 48.5 Å². The van der Waals surface area contributed by atoms with Gasteiger partial charge in [-0.05, 0) is 48.4 Å². The largest absolute Gasteiger partial charge is 0.355 e. The summed E-state index contributed by atoms with van der Waals surface area (Å²) < 4.78 is 0. The van der Waals surface area contributed by atoms with E-state index in [1.807, 2.05) is 18.2 Å². The normalized spacial score (nSPS) is 10.1. The van der Waals surface area contributed by atoms with Gasteiger partial charge in [-0.15, -0.1) is 0 Å². The van der Waals surface area contributed by atoms with Gasteiger partial charge in [0.15, 0.2) is 0 Å². The zero-order valence-corrected chi connectivity index (χ0v) is 15.1. The zero-order valence-electron chi connectivity index (χ0n) is 14.3. The maximum absolute atomic E-state index is 11.9. The molecule has 2 rings (SSSR count). The Balaban J connectivity index is 1.73. The first-order valence-corrected chi connectivity index (χ1v) is 8.49. The number of carbonyl (C=O) groups excluding carboxylic acids is 3. The lowest BCUT2D eigenvalue weighted by atomic mass is 10.1. The second-order valence-electron chi connectivity index (χ2n) is 5.71. The topological polar surface area (TPSA) is 87.3 Å². The standard InChI is InChI=1S/C19H20ClN3O3/c1-13(24)22-16-5-7-17(8-6-16)23-19(26)12-18(25)21-10-9-14-3-2-4-15(20)11-14/h2-8,11H,9-10,12H2,1H3,(H,21,25)(H,22,24)(H,23,26). The van der Waals surface area contributed by atoms with E-state index in [9.17, 15) is 14.4 Å². The van der Waals surface area contributed by atoms with E-state index in [1.165, 1.54) is 6.92 Å². The van der Waals surface area contributed by atoms with Gasteiger partial charge in [-0.25, -0.2) is 0 Å². The van der Waals surface area contributed by atoms with E-state index in [0.29, 0.717) is 29.4 Å². The van der Waals surface area contributed by atoms with Crippen molar-refractivity contribution in [3.05, 3.63) is 59.1 Å². The maximum atomic E-state index is 11.9. The Labute approximate surface area is 156 Å². The minimum absolute atomic E-state index is 0.170. The summed E-state index contributed by atoms with van der Waals surface area (Å²) in [5, 5.41) is 8.63.